The minimum Gasteiger partial charge on any atom is -0.444 e. The lowest BCUT2D eigenvalue weighted by molar-refractivity contribution is 0.000661. The van der Waals surface area contributed by atoms with Crippen LogP contribution < -0.4 is 0 Å². The van der Waals surface area contributed by atoms with E-state index >= 15 is 0 Å². The fraction of sp³-hybridized carbons (Fsp3) is 0.714. The number of aromatic nitrogens is 1. The van der Waals surface area contributed by atoms with Crippen molar-refractivity contribution in [3.05, 3.63) is 16.6 Å². The second kappa shape index (κ2) is 6.10. The second-order valence-electron chi connectivity index (χ2n) is 6.23. The summed E-state index contributed by atoms with van der Waals surface area (Å²) in [5, 5.41) is 0. The third-order valence-electron chi connectivity index (χ3n) is 3.20. The van der Waals surface area contributed by atoms with Crippen LogP contribution in [0.1, 0.15) is 32.6 Å². The van der Waals surface area contributed by atoms with Crippen molar-refractivity contribution in [1.82, 2.24) is 14.8 Å². The van der Waals surface area contributed by atoms with E-state index in [2.05, 4.69) is 16.8 Å². The summed E-state index contributed by atoms with van der Waals surface area (Å²) < 4.78 is 5.45. The number of carbonyl (C=O) groups excluding carboxylic acids is 1. The number of thiazole rings is 1. The fourth-order valence-electron chi connectivity index (χ4n) is 2.31. The Hall–Kier alpha value is -1.14. The van der Waals surface area contributed by atoms with E-state index in [-0.39, 0.29) is 12.1 Å². The first-order valence-corrected chi connectivity index (χ1v) is 7.82. The molecule has 0 aromatic carbocycles. The highest BCUT2D eigenvalue weighted by Gasteiger charge is 2.30. The van der Waals surface area contributed by atoms with Crippen molar-refractivity contribution in [2.24, 2.45) is 0 Å². The fourth-order valence-corrected chi connectivity index (χ4v) is 2.94. The summed E-state index contributed by atoms with van der Waals surface area (Å²) >= 11 is 1.67. The Bertz CT molecular complexity index is 442. The number of piperazine rings is 1. The van der Waals surface area contributed by atoms with Crippen molar-refractivity contribution in [2.45, 2.75) is 45.9 Å². The molecular formula is C14H23N3O2S. The van der Waals surface area contributed by atoms with Gasteiger partial charge in [-0.25, -0.2) is 4.79 Å². The van der Waals surface area contributed by atoms with Crippen LogP contribution in [0.4, 0.5) is 4.79 Å². The van der Waals surface area contributed by atoms with Crippen LogP contribution in [0.25, 0.3) is 0 Å². The van der Waals surface area contributed by atoms with E-state index in [0.29, 0.717) is 0 Å². The summed E-state index contributed by atoms with van der Waals surface area (Å²) in [5.41, 5.74) is 1.42. The van der Waals surface area contributed by atoms with Crippen LogP contribution in [0.5, 0.6) is 0 Å². The van der Waals surface area contributed by atoms with Gasteiger partial charge in [-0.05, 0) is 27.7 Å². The maximum Gasteiger partial charge on any atom is 0.410 e. The monoisotopic (exact) mass is 297 g/mol. The van der Waals surface area contributed by atoms with Gasteiger partial charge in [0.25, 0.3) is 0 Å². The normalized spacial score (nSPS) is 21.0. The van der Waals surface area contributed by atoms with Gasteiger partial charge in [-0.2, -0.15) is 0 Å². The summed E-state index contributed by atoms with van der Waals surface area (Å²) in [6.07, 6.45) is 1.71. The number of rotatable bonds is 2. The molecule has 2 rings (SSSR count). The molecule has 0 aliphatic carbocycles. The van der Waals surface area contributed by atoms with Crippen molar-refractivity contribution >= 4 is 17.4 Å². The number of carbonyl (C=O) groups is 1. The third kappa shape index (κ3) is 4.18. The van der Waals surface area contributed by atoms with Gasteiger partial charge < -0.3 is 9.64 Å². The first kappa shape index (κ1) is 15.3. The molecule has 1 aliphatic heterocycles. The Morgan fingerprint density at radius 1 is 1.50 bits per heavy atom. The van der Waals surface area contributed by atoms with Crippen LogP contribution in [-0.2, 0) is 11.3 Å². The minimum absolute atomic E-state index is 0.173. The number of amides is 1. The Morgan fingerprint density at radius 3 is 2.80 bits per heavy atom. The topological polar surface area (TPSA) is 45.7 Å². The van der Waals surface area contributed by atoms with E-state index in [4.69, 9.17) is 4.74 Å². The Morgan fingerprint density at radius 2 is 2.25 bits per heavy atom. The van der Waals surface area contributed by atoms with E-state index in [9.17, 15) is 4.79 Å². The van der Waals surface area contributed by atoms with Gasteiger partial charge in [0, 0.05) is 43.3 Å². The van der Waals surface area contributed by atoms with Crippen molar-refractivity contribution < 1.29 is 9.53 Å². The highest BCUT2D eigenvalue weighted by Crippen LogP contribution is 2.18. The van der Waals surface area contributed by atoms with Gasteiger partial charge in [0.15, 0.2) is 0 Å². The molecule has 0 saturated carbocycles. The molecule has 1 saturated heterocycles. The molecule has 1 unspecified atom stereocenters. The first-order valence-electron chi connectivity index (χ1n) is 6.94. The zero-order chi connectivity index (χ0) is 14.8. The van der Waals surface area contributed by atoms with E-state index in [1.807, 2.05) is 37.4 Å². The number of ether oxygens (including phenoxy) is 1. The minimum atomic E-state index is -0.434. The van der Waals surface area contributed by atoms with E-state index in [1.54, 1.807) is 11.3 Å². The molecule has 1 atom stereocenters. The summed E-state index contributed by atoms with van der Waals surface area (Å²) in [6, 6.07) is 0.173. The quantitative estimate of drug-likeness (QED) is 0.841. The lowest BCUT2D eigenvalue weighted by Crippen LogP contribution is -2.54. The van der Waals surface area contributed by atoms with Crippen molar-refractivity contribution in [3.8, 4) is 0 Å². The van der Waals surface area contributed by atoms with Crippen LogP contribution in [0.15, 0.2) is 11.7 Å². The summed E-state index contributed by atoms with van der Waals surface area (Å²) in [7, 11) is 0. The molecular weight excluding hydrogens is 274 g/mol. The summed E-state index contributed by atoms with van der Waals surface area (Å²) in [6.45, 7) is 11.1. The van der Waals surface area contributed by atoms with Crippen LogP contribution in [0.3, 0.4) is 0 Å². The van der Waals surface area contributed by atoms with Crippen molar-refractivity contribution in [2.75, 3.05) is 19.6 Å². The molecule has 6 heteroatoms. The molecule has 1 fully saturated rings. The smallest absolute Gasteiger partial charge is 0.410 e. The van der Waals surface area contributed by atoms with Gasteiger partial charge in [-0.1, -0.05) is 0 Å². The van der Waals surface area contributed by atoms with Crippen LogP contribution in [0, 0.1) is 0 Å². The molecule has 2 heterocycles. The van der Waals surface area contributed by atoms with Gasteiger partial charge in [0.2, 0.25) is 0 Å². The molecule has 0 N–H and O–H groups in total. The van der Waals surface area contributed by atoms with Gasteiger partial charge in [-0.3, -0.25) is 9.88 Å². The molecule has 1 aliphatic rings. The number of hydrogen-bond acceptors (Lipinski definition) is 5. The number of nitrogens with zero attached hydrogens (tertiary/aromatic N) is 3. The molecule has 0 radical (unpaired) electrons. The molecule has 112 valence electrons. The van der Waals surface area contributed by atoms with E-state index in [1.165, 1.54) is 4.88 Å². The summed E-state index contributed by atoms with van der Waals surface area (Å²) in [4.78, 5) is 21.7. The van der Waals surface area contributed by atoms with E-state index in [0.717, 1.165) is 26.2 Å². The number of hydrogen-bond donors (Lipinski definition) is 0. The second-order valence-corrected chi connectivity index (χ2v) is 7.20. The largest absolute Gasteiger partial charge is 0.444 e. The van der Waals surface area contributed by atoms with Gasteiger partial charge in [-0.15, -0.1) is 11.3 Å². The van der Waals surface area contributed by atoms with Crippen molar-refractivity contribution in [3.63, 3.8) is 0 Å². The van der Waals surface area contributed by atoms with Gasteiger partial charge in [0.05, 0.1) is 5.51 Å². The van der Waals surface area contributed by atoms with Crippen LogP contribution in [-0.4, -0.2) is 52.2 Å². The Labute approximate surface area is 124 Å². The molecule has 0 bridgehead atoms. The van der Waals surface area contributed by atoms with Gasteiger partial charge in [0.1, 0.15) is 5.60 Å². The van der Waals surface area contributed by atoms with Crippen molar-refractivity contribution in [1.29, 1.82) is 0 Å². The predicted octanol–water partition coefficient (Wildman–Crippen LogP) is 2.58. The van der Waals surface area contributed by atoms with Crippen LogP contribution in [0.2, 0.25) is 0 Å². The third-order valence-corrected chi connectivity index (χ3v) is 3.97. The summed E-state index contributed by atoms with van der Waals surface area (Å²) in [5.74, 6) is 0. The highest BCUT2D eigenvalue weighted by molar-refractivity contribution is 7.09. The SMILES string of the molecule is CC1CN(Cc2cncs2)CCN1C(=O)OC(C)(C)C. The standard InChI is InChI=1S/C14H23N3O2S/c1-11-8-16(9-12-7-15-10-20-12)5-6-17(11)13(18)19-14(2,3)4/h7,10-11H,5-6,8-9H2,1-4H3. The molecule has 1 amide bonds. The zero-order valence-electron chi connectivity index (χ0n) is 12.6. The van der Waals surface area contributed by atoms with Gasteiger partial charge >= 0.3 is 6.09 Å². The first-order chi connectivity index (χ1) is 9.35. The zero-order valence-corrected chi connectivity index (χ0v) is 13.4. The molecule has 0 spiro atoms. The molecule has 1 aromatic rings. The lowest BCUT2D eigenvalue weighted by Gasteiger charge is -2.40. The van der Waals surface area contributed by atoms with Crippen LogP contribution >= 0.6 is 11.3 Å². The Kier molecular flexibility index (Phi) is 4.65. The van der Waals surface area contributed by atoms with E-state index < -0.39 is 5.60 Å². The lowest BCUT2D eigenvalue weighted by atomic mass is 10.2. The maximum absolute atomic E-state index is 12.1. The molecule has 20 heavy (non-hydrogen) atoms. The Balaban J connectivity index is 1.87. The highest BCUT2D eigenvalue weighted by atomic mass is 32.1. The average Bonchev–Trinajstić information content (AvgIpc) is 2.79. The molecule has 5 nitrogen and oxygen atoms in total. The molecule has 1 aromatic heterocycles. The predicted molar refractivity (Wildman–Crippen MR) is 79.8 cm³/mol. The maximum atomic E-state index is 12.1. The average molecular weight is 297 g/mol.